The Morgan fingerprint density at radius 3 is 1.49 bits per heavy atom. The first-order valence-electron chi connectivity index (χ1n) is 21.0. The zero-order valence-electron chi connectivity index (χ0n) is 33.3. The van der Waals surface area contributed by atoms with Crippen LogP contribution >= 0.6 is 0 Å². The summed E-state index contributed by atoms with van der Waals surface area (Å²) in [4.78, 5) is 10.5. The molecule has 2 heterocycles. The van der Waals surface area contributed by atoms with Crippen molar-refractivity contribution in [2.45, 2.75) is 5.41 Å². The molecule has 0 spiro atoms. The van der Waals surface area contributed by atoms with Crippen molar-refractivity contribution in [3.8, 4) is 55.9 Å². The van der Waals surface area contributed by atoms with Crippen LogP contribution in [0.3, 0.4) is 0 Å². The minimum Gasteiger partial charge on any atom is -0.245 e. The van der Waals surface area contributed by atoms with Crippen LogP contribution in [0.4, 0.5) is 0 Å². The summed E-state index contributed by atoms with van der Waals surface area (Å²) in [5, 5.41) is 4.52. The molecule has 0 amide bonds. The number of hydrogen-bond acceptors (Lipinski definition) is 2. The molecule has 11 aromatic rings. The predicted molar refractivity (Wildman–Crippen MR) is 254 cm³/mol. The monoisotopic (exact) mass is 774 g/mol. The highest BCUT2D eigenvalue weighted by molar-refractivity contribution is 6.07. The highest BCUT2D eigenvalue weighted by atomic mass is 14.8. The van der Waals surface area contributed by atoms with Crippen molar-refractivity contribution >= 4 is 32.6 Å². The van der Waals surface area contributed by atoms with Crippen molar-refractivity contribution in [1.29, 1.82) is 0 Å². The first-order valence-corrected chi connectivity index (χ1v) is 21.0. The summed E-state index contributed by atoms with van der Waals surface area (Å²) in [6, 6.07) is 83.6. The van der Waals surface area contributed by atoms with Gasteiger partial charge in [0.1, 0.15) is 0 Å². The Kier molecular flexibility index (Phi) is 8.11. The van der Waals surface area contributed by atoms with Gasteiger partial charge in [-0.05, 0) is 90.7 Å². The Bertz CT molecular complexity index is 3420. The molecule has 0 atom stereocenters. The lowest BCUT2D eigenvalue weighted by atomic mass is 9.67. The molecule has 1 aliphatic rings. The third-order valence-electron chi connectivity index (χ3n) is 12.8. The van der Waals surface area contributed by atoms with E-state index < -0.39 is 5.41 Å². The summed E-state index contributed by atoms with van der Waals surface area (Å²) in [5.74, 6) is 0. The standard InChI is InChI=1S/C59H38N2/c1-4-15-39(16-5-1)55-35-30-40-27-28-41-31-36-56(61-58(41)57(40)60-55)52-34-33-47(48-23-10-11-24-49(48)52)44-18-14-17-42(37-44)43-29-32-51-50-25-12-13-26-53(50)59(54(51)38-43,45-19-6-2-7-20-45)46-21-8-3-9-22-46/h1-38H. The van der Waals surface area contributed by atoms with Gasteiger partial charge in [-0.3, -0.25) is 0 Å². The van der Waals surface area contributed by atoms with Gasteiger partial charge in [0.25, 0.3) is 0 Å². The van der Waals surface area contributed by atoms with E-state index in [2.05, 4.69) is 224 Å². The van der Waals surface area contributed by atoms with Crippen molar-refractivity contribution in [2.75, 3.05) is 0 Å². The molecule has 0 aliphatic heterocycles. The lowest BCUT2D eigenvalue weighted by Gasteiger charge is -2.34. The maximum absolute atomic E-state index is 5.35. The fraction of sp³-hybridized carbons (Fsp3) is 0.0169. The zero-order chi connectivity index (χ0) is 40.3. The van der Waals surface area contributed by atoms with Crippen molar-refractivity contribution in [2.24, 2.45) is 0 Å². The molecular formula is C59H38N2. The highest BCUT2D eigenvalue weighted by Gasteiger charge is 2.46. The number of hydrogen-bond donors (Lipinski definition) is 0. The molecule has 12 rings (SSSR count). The molecule has 0 saturated heterocycles. The molecule has 0 unspecified atom stereocenters. The Labute approximate surface area is 355 Å². The molecule has 9 aromatic carbocycles. The van der Waals surface area contributed by atoms with E-state index in [1.54, 1.807) is 0 Å². The minimum absolute atomic E-state index is 0.447. The molecule has 2 nitrogen and oxygen atoms in total. The Balaban J connectivity index is 0.977. The normalized spacial score (nSPS) is 12.7. The second kappa shape index (κ2) is 14.1. The van der Waals surface area contributed by atoms with E-state index in [0.29, 0.717) is 0 Å². The number of rotatable bonds is 6. The van der Waals surface area contributed by atoms with Crippen LogP contribution < -0.4 is 0 Å². The molecule has 0 bridgehead atoms. The van der Waals surface area contributed by atoms with Crippen LogP contribution in [0, 0.1) is 0 Å². The van der Waals surface area contributed by atoms with Crippen molar-refractivity contribution in [1.82, 2.24) is 9.97 Å². The molecule has 2 heteroatoms. The van der Waals surface area contributed by atoms with Crippen LogP contribution in [0.2, 0.25) is 0 Å². The molecule has 284 valence electrons. The zero-order valence-corrected chi connectivity index (χ0v) is 33.3. The van der Waals surface area contributed by atoms with Crippen LogP contribution in [0.5, 0.6) is 0 Å². The average Bonchev–Trinajstić information content (AvgIpc) is 3.64. The van der Waals surface area contributed by atoms with Gasteiger partial charge in [-0.1, -0.05) is 206 Å². The van der Waals surface area contributed by atoms with E-state index in [0.717, 1.165) is 44.3 Å². The number of aromatic nitrogens is 2. The summed E-state index contributed by atoms with van der Waals surface area (Å²) in [6.07, 6.45) is 0. The van der Waals surface area contributed by atoms with Gasteiger partial charge in [-0.15, -0.1) is 0 Å². The first kappa shape index (κ1) is 35.0. The summed E-state index contributed by atoms with van der Waals surface area (Å²) >= 11 is 0. The van der Waals surface area contributed by atoms with Gasteiger partial charge >= 0.3 is 0 Å². The van der Waals surface area contributed by atoms with E-state index in [-0.39, 0.29) is 0 Å². The lowest BCUT2D eigenvalue weighted by Crippen LogP contribution is -2.28. The molecule has 0 N–H and O–H groups in total. The lowest BCUT2D eigenvalue weighted by molar-refractivity contribution is 0.769. The second-order valence-corrected chi connectivity index (χ2v) is 16.0. The third-order valence-corrected chi connectivity index (χ3v) is 12.8. The van der Waals surface area contributed by atoms with Gasteiger partial charge < -0.3 is 0 Å². The Hall–Kier alpha value is -7.94. The van der Waals surface area contributed by atoms with Gasteiger partial charge in [0.15, 0.2) is 0 Å². The summed E-state index contributed by atoms with van der Waals surface area (Å²) in [7, 11) is 0. The number of fused-ring (bicyclic) bond motifs is 7. The Morgan fingerprint density at radius 1 is 0.279 bits per heavy atom. The van der Waals surface area contributed by atoms with E-state index in [1.165, 1.54) is 66.4 Å². The van der Waals surface area contributed by atoms with E-state index >= 15 is 0 Å². The molecular weight excluding hydrogens is 737 g/mol. The fourth-order valence-electron chi connectivity index (χ4n) is 9.95. The molecule has 2 aromatic heterocycles. The topological polar surface area (TPSA) is 25.8 Å². The molecule has 0 radical (unpaired) electrons. The summed E-state index contributed by atoms with van der Waals surface area (Å²) in [6.45, 7) is 0. The first-order chi connectivity index (χ1) is 30.2. The van der Waals surface area contributed by atoms with Crippen LogP contribution in [-0.2, 0) is 5.41 Å². The SMILES string of the molecule is c1ccc(-c2ccc3ccc4ccc(-c5ccc(-c6cccc(-c7ccc8c(c7)C(c7ccccc7)(c7ccccc7)c7ccccc7-8)c6)c6ccccc56)nc4c3n2)cc1. The van der Waals surface area contributed by atoms with Crippen LogP contribution in [-0.4, -0.2) is 9.97 Å². The number of nitrogens with zero attached hydrogens (tertiary/aromatic N) is 2. The van der Waals surface area contributed by atoms with Crippen LogP contribution in [0.25, 0.3) is 88.5 Å². The maximum Gasteiger partial charge on any atom is 0.0972 e. The van der Waals surface area contributed by atoms with Crippen LogP contribution in [0.1, 0.15) is 22.3 Å². The predicted octanol–water partition coefficient (Wildman–Crippen LogP) is 15.0. The van der Waals surface area contributed by atoms with Gasteiger partial charge in [-0.2, -0.15) is 0 Å². The van der Waals surface area contributed by atoms with Crippen molar-refractivity contribution in [3.05, 3.63) is 253 Å². The smallest absolute Gasteiger partial charge is 0.0972 e. The van der Waals surface area contributed by atoms with Crippen molar-refractivity contribution in [3.63, 3.8) is 0 Å². The van der Waals surface area contributed by atoms with Gasteiger partial charge in [-0.25, -0.2) is 9.97 Å². The van der Waals surface area contributed by atoms with Crippen molar-refractivity contribution < 1.29 is 0 Å². The summed E-state index contributed by atoms with van der Waals surface area (Å²) < 4.78 is 0. The molecule has 0 fully saturated rings. The fourth-order valence-corrected chi connectivity index (χ4v) is 9.95. The van der Waals surface area contributed by atoms with E-state index in [9.17, 15) is 0 Å². The van der Waals surface area contributed by atoms with E-state index in [1.807, 2.05) is 6.07 Å². The van der Waals surface area contributed by atoms with Gasteiger partial charge in [0, 0.05) is 21.9 Å². The van der Waals surface area contributed by atoms with E-state index in [4.69, 9.17) is 9.97 Å². The minimum atomic E-state index is -0.447. The van der Waals surface area contributed by atoms with Gasteiger partial charge in [0.05, 0.1) is 27.8 Å². The Morgan fingerprint density at radius 2 is 0.770 bits per heavy atom. The van der Waals surface area contributed by atoms with Gasteiger partial charge in [0.2, 0.25) is 0 Å². The highest BCUT2D eigenvalue weighted by Crippen LogP contribution is 2.56. The molecule has 61 heavy (non-hydrogen) atoms. The summed E-state index contributed by atoms with van der Waals surface area (Å²) in [5.41, 5.74) is 18.0. The third kappa shape index (κ3) is 5.57. The second-order valence-electron chi connectivity index (χ2n) is 16.0. The quantitative estimate of drug-likeness (QED) is 0.157. The average molecular weight is 775 g/mol. The molecule has 0 saturated carbocycles. The molecule has 1 aliphatic carbocycles. The maximum atomic E-state index is 5.35. The largest absolute Gasteiger partial charge is 0.245 e. The number of benzene rings is 9. The van der Waals surface area contributed by atoms with Crippen LogP contribution in [0.15, 0.2) is 231 Å². The number of pyridine rings is 2.